The van der Waals surface area contributed by atoms with Gasteiger partial charge in [0.25, 0.3) is 0 Å². The van der Waals surface area contributed by atoms with Crippen LogP contribution in [-0.4, -0.2) is 45.4 Å². The number of aromatic nitrogens is 2. The Kier molecular flexibility index (Phi) is 5.92. The van der Waals surface area contributed by atoms with E-state index < -0.39 is 5.60 Å². The largest absolute Gasteiger partial charge is 0.444 e. The van der Waals surface area contributed by atoms with Crippen LogP contribution in [0.1, 0.15) is 33.6 Å². The molecular weight excluding hydrogens is 322 g/mol. The average Bonchev–Trinajstić information content (AvgIpc) is 2.44. The average molecular weight is 344 g/mol. The summed E-state index contributed by atoms with van der Waals surface area (Å²) in [6.07, 6.45) is 3.38. The van der Waals surface area contributed by atoms with Crippen LogP contribution in [0.4, 0.5) is 4.79 Å². The Labute approximate surface area is 140 Å². The van der Waals surface area contributed by atoms with Crippen LogP contribution in [0.25, 0.3) is 0 Å². The molecule has 1 atom stereocenters. The predicted octanol–water partition coefficient (Wildman–Crippen LogP) is 3.87. The number of likely N-dealkylation sites (tertiary alicyclic amines) is 1. The monoisotopic (exact) mass is 343 g/mol. The highest BCUT2D eigenvalue weighted by Crippen LogP contribution is 2.26. The van der Waals surface area contributed by atoms with Gasteiger partial charge in [0.05, 0.1) is 0 Å². The fraction of sp³-hybridized carbons (Fsp3) is 0.667. The van der Waals surface area contributed by atoms with Gasteiger partial charge >= 0.3 is 6.09 Å². The lowest BCUT2D eigenvalue weighted by Gasteiger charge is -2.34. The summed E-state index contributed by atoms with van der Waals surface area (Å²) in [5, 5.41) is 1.32. The van der Waals surface area contributed by atoms with Crippen molar-refractivity contribution in [3.05, 3.63) is 17.5 Å². The molecule has 1 unspecified atom stereocenters. The second-order valence-corrected chi connectivity index (χ2v) is 7.85. The number of hydrogen-bond donors (Lipinski definition) is 0. The summed E-state index contributed by atoms with van der Waals surface area (Å²) >= 11 is 7.51. The van der Waals surface area contributed by atoms with Crippen molar-refractivity contribution in [3.63, 3.8) is 0 Å². The van der Waals surface area contributed by atoms with Gasteiger partial charge in [-0.05, 0) is 39.5 Å². The van der Waals surface area contributed by atoms with Crippen LogP contribution in [-0.2, 0) is 4.74 Å². The first-order valence-corrected chi connectivity index (χ1v) is 8.78. The van der Waals surface area contributed by atoms with Crippen molar-refractivity contribution in [2.75, 3.05) is 18.8 Å². The van der Waals surface area contributed by atoms with Gasteiger partial charge in [0.1, 0.15) is 22.1 Å². The summed E-state index contributed by atoms with van der Waals surface area (Å²) in [6.45, 7) is 7.18. The number of ether oxygens (including phenoxy) is 1. The second-order valence-electron chi connectivity index (χ2n) is 6.42. The fourth-order valence-corrected chi connectivity index (χ4v) is 3.50. The third kappa shape index (κ3) is 5.65. The maximum Gasteiger partial charge on any atom is 0.410 e. The number of amides is 1. The first-order valence-electron chi connectivity index (χ1n) is 7.42. The molecule has 1 aliphatic rings. The lowest BCUT2D eigenvalue weighted by atomic mass is 10.0. The van der Waals surface area contributed by atoms with E-state index in [0.717, 1.165) is 36.7 Å². The number of rotatable bonds is 3. The molecule has 1 aliphatic heterocycles. The van der Waals surface area contributed by atoms with Crippen LogP contribution < -0.4 is 0 Å². The molecule has 2 heterocycles. The zero-order valence-electron chi connectivity index (χ0n) is 13.2. The molecule has 122 valence electrons. The molecule has 2 rings (SSSR count). The Morgan fingerprint density at radius 3 is 2.95 bits per heavy atom. The second kappa shape index (κ2) is 7.51. The fourth-order valence-electron chi connectivity index (χ4n) is 2.29. The van der Waals surface area contributed by atoms with Crippen molar-refractivity contribution in [1.29, 1.82) is 0 Å². The molecule has 1 fully saturated rings. The molecule has 1 saturated heterocycles. The lowest BCUT2D eigenvalue weighted by Crippen LogP contribution is -2.43. The zero-order chi connectivity index (χ0) is 16.2. The van der Waals surface area contributed by atoms with Crippen LogP contribution in [0.5, 0.6) is 0 Å². The zero-order valence-corrected chi connectivity index (χ0v) is 14.8. The maximum absolute atomic E-state index is 12.1. The highest BCUT2D eigenvalue weighted by Gasteiger charge is 2.27. The van der Waals surface area contributed by atoms with Crippen molar-refractivity contribution < 1.29 is 9.53 Å². The summed E-state index contributed by atoms with van der Waals surface area (Å²) in [5.41, 5.74) is -0.448. The smallest absolute Gasteiger partial charge is 0.410 e. The summed E-state index contributed by atoms with van der Waals surface area (Å²) in [5.74, 6) is 1.35. The third-order valence-corrected chi connectivity index (χ3v) is 4.61. The molecule has 0 saturated carbocycles. The Morgan fingerprint density at radius 2 is 2.27 bits per heavy atom. The van der Waals surface area contributed by atoms with Gasteiger partial charge in [0.15, 0.2) is 0 Å². The van der Waals surface area contributed by atoms with E-state index in [1.165, 1.54) is 6.33 Å². The maximum atomic E-state index is 12.1. The number of hydrogen-bond acceptors (Lipinski definition) is 5. The predicted molar refractivity (Wildman–Crippen MR) is 88.3 cm³/mol. The molecule has 0 aromatic carbocycles. The molecule has 0 aliphatic carbocycles. The van der Waals surface area contributed by atoms with Crippen LogP contribution in [0.2, 0.25) is 5.15 Å². The molecule has 0 bridgehead atoms. The SMILES string of the molecule is CC(C)(C)OC(=O)N1CCCC(CSc2cc(Cl)ncn2)C1. The Morgan fingerprint density at radius 1 is 1.50 bits per heavy atom. The molecule has 0 spiro atoms. The number of nitrogens with zero attached hydrogens (tertiary/aromatic N) is 3. The Balaban J connectivity index is 1.84. The van der Waals surface area contributed by atoms with Crippen LogP contribution in [0.15, 0.2) is 17.4 Å². The van der Waals surface area contributed by atoms with Crippen molar-refractivity contribution >= 4 is 29.5 Å². The topological polar surface area (TPSA) is 55.3 Å². The minimum Gasteiger partial charge on any atom is -0.444 e. The first-order chi connectivity index (χ1) is 10.3. The third-order valence-electron chi connectivity index (χ3n) is 3.25. The molecule has 0 radical (unpaired) electrons. The van der Waals surface area contributed by atoms with E-state index in [0.29, 0.717) is 11.1 Å². The van der Waals surface area contributed by atoms with Gasteiger partial charge in [-0.25, -0.2) is 14.8 Å². The standard InChI is InChI=1S/C15H22ClN3O2S/c1-15(2,3)21-14(20)19-6-4-5-11(8-19)9-22-13-7-12(16)17-10-18-13/h7,10-11H,4-6,8-9H2,1-3H3. The molecule has 1 amide bonds. The molecule has 1 aromatic heterocycles. The number of thioether (sulfide) groups is 1. The van der Waals surface area contributed by atoms with Gasteiger partial charge in [0, 0.05) is 24.9 Å². The molecular formula is C15H22ClN3O2S. The van der Waals surface area contributed by atoms with E-state index in [1.807, 2.05) is 25.7 Å². The minimum atomic E-state index is -0.448. The normalized spacial score (nSPS) is 19.1. The van der Waals surface area contributed by atoms with E-state index in [-0.39, 0.29) is 6.09 Å². The van der Waals surface area contributed by atoms with Crippen LogP contribution >= 0.6 is 23.4 Å². The number of piperidine rings is 1. The lowest BCUT2D eigenvalue weighted by molar-refractivity contribution is 0.0177. The van der Waals surface area contributed by atoms with Gasteiger partial charge in [0.2, 0.25) is 0 Å². The van der Waals surface area contributed by atoms with E-state index in [1.54, 1.807) is 17.8 Å². The molecule has 0 N–H and O–H groups in total. The number of halogens is 1. The molecule has 1 aromatic rings. The highest BCUT2D eigenvalue weighted by atomic mass is 35.5. The van der Waals surface area contributed by atoms with Gasteiger partial charge in [-0.1, -0.05) is 11.6 Å². The van der Waals surface area contributed by atoms with Crippen molar-refractivity contribution in [2.45, 2.75) is 44.2 Å². The molecule has 7 heteroatoms. The van der Waals surface area contributed by atoms with Gasteiger partial charge < -0.3 is 9.64 Å². The number of carbonyl (C=O) groups is 1. The van der Waals surface area contributed by atoms with Crippen molar-refractivity contribution in [1.82, 2.24) is 14.9 Å². The van der Waals surface area contributed by atoms with Crippen LogP contribution in [0, 0.1) is 5.92 Å². The Bertz CT molecular complexity index is 522. The summed E-state index contributed by atoms with van der Waals surface area (Å²) < 4.78 is 5.45. The summed E-state index contributed by atoms with van der Waals surface area (Å²) in [7, 11) is 0. The van der Waals surface area contributed by atoms with E-state index in [2.05, 4.69) is 9.97 Å². The molecule has 22 heavy (non-hydrogen) atoms. The quantitative estimate of drug-likeness (QED) is 0.616. The van der Waals surface area contributed by atoms with Gasteiger partial charge in [-0.3, -0.25) is 0 Å². The van der Waals surface area contributed by atoms with E-state index >= 15 is 0 Å². The summed E-state index contributed by atoms with van der Waals surface area (Å²) in [6, 6.07) is 1.76. The first kappa shape index (κ1) is 17.3. The van der Waals surface area contributed by atoms with E-state index in [4.69, 9.17) is 16.3 Å². The summed E-state index contributed by atoms with van der Waals surface area (Å²) in [4.78, 5) is 22.0. The van der Waals surface area contributed by atoms with Crippen LogP contribution in [0.3, 0.4) is 0 Å². The van der Waals surface area contributed by atoms with Crippen molar-refractivity contribution in [2.24, 2.45) is 5.92 Å². The van der Waals surface area contributed by atoms with Gasteiger partial charge in [-0.15, -0.1) is 11.8 Å². The minimum absolute atomic E-state index is 0.215. The Hall–Kier alpha value is -1.01. The van der Waals surface area contributed by atoms with E-state index in [9.17, 15) is 4.79 Å². The number of carbonyl (C=O) groups excluding carboxylic acids is 1. The van der Waals surface area contributed by atoms with Gasteiger partial charge in [-0.2, -0.15) is 0 Å². The van der Waals surface area contributed by atoms with Crippen molar-refractivity contribution in [3.8, 4) is 0 Å². The molecule has 5 nitrogen and oxygen atoms in total. The highest BCUT2D eigenvalue weighted by molar-refractivity contribution is 7.99.